The van der Waals surface area contributed by atoms with Crippen molar-refractivity contribution in [3.63, 3.8) is 0 Å². The number of nitrogens with zero attached hydrogens (tertiary/aromatic N) is 3. The summed E-state index contributed by atoms with van der Waals surface area (Å²) in [5.74, 6) is 6.97. The lowest BCUT2D eigenvalue weighted by Gasteiger charge is -2.22. The van der Waals surface area contributed by atoms with E-state index in [1.54, 1.807) is 22.5 Å². The molecule has 0 aromatic carbocycles. The minimum atomic E-state index is -0.483. The Kier molecular flexibility index (Phi) is 3.97. The van der Waals surface area contributed by atoms with Gasteiger partial charge >= 0.3 is 4.87 Å². The number of anilines is 1. The highest BCUT2D eigenvalue weighted by molar-refractivity contribution is 8.00. The van der Waals surface area contributed by atoms with Gasteiger partial charge in [-0.1, -0.05) is 16.5 Å². The molecule has 0 spiro atoms. The summed E-state index contributed by atoms with van der Waals surface area (Å²) < 4.78 is 7.56. The van der Waals surface area contributed by atoms with E-state index in [0.29, 0.717) is 17.5 Å². The molecule has 2 aliphatic heterocycles. The molecule has 2 unspecified atom stereocenters. The summed E-state index contributed by atoms with van der Waals surface area (Å²) in [5.41, 5.74) is 2.22. The van der Waals surface area contributed by atoms with Gasteiger partial charge < -0.3 is 10.1 Å². The van der Waals surface area contributed by atoms with Crippen molar-refractivity contribution in [2.24, 2.45) is 21.9 Å². The third-order valence-corrected chi connectivity index (χ3v) is 6.21. The second-order valence-electron chi connectivity index (χ2n) is 5.67. The van der Waals surface area contributed by atoms with Crippen molar-refractivity contribution < 1.29 is 4.74 Å². The molecular weight excluding hydrogens is 340 g/mol. The smallest absolute Gasteiger partial charge is 0.311 e. The lowest BCUT2D eigenvalue weighted by molar-refractivity contribution is 0.00621. The quantitative estimate of drug-likeness (QED) is 0.402. The van der Waals surface area contributed by atoms with E-state index in [0.717, 1.165) is 29.1 Å². The molecule has 9 nitrogen and oxygen atoms in total. The molecule has 1 saturated heterocycles. The van der Waals surface area contributed by atoms with E-state index in [1.165, 1.54) is 0 Å². The summed E-state index contributed by atoms with van der Waals surface area (Å²) in [6, 6.07) is -0.330. The molecule has 0 bridgehead atoms. The number of thioether (sulfide) groups is 1. The number of nitroso groups, excluding NO2 is 1. The van der Waals surface area contributed by atoms with Gasteiger partial charge in [0.1, 0.15) is 23.5 Å². The Balaban J connectivity index is 1.58. The predicted octanol–water partition coefficient (Wildman–Crippen LogP) is 0.634. The Morgan fingerprint density at radius 3 is 3.09 bits per heavy atom. The van der Waals surface area contributed by atoms with Crippen molar-refractivity contribution in [2.75, 3.05) is 11.1 Å². The van der Waals surface area contributed by atoms with Crippen molar-refractivity contribution in [1.82, 2.24) is 9.99 Å². The van der Waals surface area contributed by atoms with Gasteiger partial charge in [0.15, 0.2) is 6.29 Å². The molecule has 0 amide bonds. The first kappa shape index (κ1) is 15.3. The number of aromatic nitrogens is 1. The van der Waals surface area contributed by atoms with Crippen LogP contribution in [0.15, 0.2) is 15.0 Å². The van der Waals surface area contributed by atoms with Gasteiger partial charge in [-0.05, 0) is 18.8 Å². The number of rotatable bonds is 5. The minimum Gasteiger partial charge on any atom is -0.341 e. The zero-order valence-electron chi connectivity index (χ0n) is 12.0. The molecule has 4 atom stereocenters. The number of nitrogens with one attached hydrogen (secondary N) is 2. The lowest BCUT2D eigenvalue weighted by atomic mass is 10.2. The number of thiazole rings is 1. The van der Waals surface area contributed by atoms with E-state index in [4.69, 9.17) is 10.6 Å². The molecule has 4 rings (SSSR count). The molecular formula is C12H16N6O3S2. The number of hydrogen-bond donors (Lipinski definition) is 3. The van der Waals surface area contributed by atoms with Crippen LogP contribution in [0.1, 0.15) is 23.9 Å². The SMILES string of the molecule is NNC1N=Cc2sc(=O)n([C@H]3CS[C@@H](C(N=O)C4CC4)O3)c2N1. The van der Waals surface area contributed by atoms with Gasteiger partial charge in [-0.3, -0.25) is 20.2 Å². The number of nitrogens with two attached hydrogens (primary N) is 1. The molecule has 0 radical (unpaired) electrons. The van der Waals surface area contributed by atoms with Gasteiger partial charge in [-0.15, -0.1) is 11.8 Å². The van der Waals surface area contributed by atoms with E-state index in [-0.39, 0.29) is 16.4 Å². The minimum absolute atomic E-state index is 0.125. The van der Waals surface area contributed by atoms with Crippen molar-refractivity contribution in [3.8, 4) is 0 Å². The largest absolute Gasteiger partial charge is 0.341 e. The third-order valence-electron chi connectivity index (χ3n) is 4.13. The van der Waals surface area contributed by atoms with Crippen LogP contribution in [0.25, 0.3) is 0 Å². The molecule has 4 N–H and O–H groups in total. The van der Waals surface area contributed by atoms with Crippen LogP contribution in [0, 0.1) is 10.8 Å². The van der Waals surface area contributed by atoms with Crippen LogP contribution < -0.4 is 21.5 Å². The highest BCUT2D eigenvalue weighted by Crippen LogP contribution is 2.44. The maximum Gasteiger partial charge on any atom is 0.311 e. The van der Waals surface area contributed by atoms with Crippen LogP contribution in [0.5, 0.6) is 0 Å². The number of fused-ring (bicyclic) bond motifs is 1. The zero-order valence-corrected chi connectivity index (χ0v) is 13.7. The highest BCUT2D eigenvalue weighted by atomic mass is 32.2. The average molecular weight is 356 g/mol. The van der Waals surface area contributed by atoms with Crippen LogP contribution in [0.2, 0.25) is 0 Å². The molecule has 124 valence electrons. The molecule has 1 saturated carbocycles. The van der Waals surface area contributed by atoms with Crippen LogP contribution in [0.3, 0.4) is 0 Å². The zero-order chi connectivity index (χ0) is 16.0. The number of hydrazine groups is 1. The van der Waals surface area contributed by atoms with E-state index in [9.17, 15) is 9.70 Å². The Bertz CT molecular complexity index is 699. The molecule has 1 aliphatic carbocycles. The summed E-state index contributed by atoms with van der Waals surface area (Å²) in [5, 5.41) is 6.31. The monoisotopic (exact) mass is 356 g/mol. The standard InChI is InChI=1S/C12H16N6O3S2/c13-16-11-14-3-6-9(15-11)18(12(19)23-6)7-4-22-10(21-7)8(17-20)5-1-2-5/h3,5,7-8,10-11,15-16H,1-2,4,13H2/t7-,8?,10+,11?/m1/s1. The first-order valence-electron chi connectivity index (χ1n) is 7.32. The number of ether oxygens (including phenoxy) is 1. The Morgan fingerprint density at radius 2 is 2.39 bits per heavy atom. The summed E-state index contributed by atoms with van der Waals surface area (Å²) in [6.07, 6.45) is 2.77. The van der Waals surface area contributed by atoms with E-state index >= 15 is 0 Å². The molecule has 3 heterocycles. The molecule has 23 heavy (non-hydrogen) atoms. The average Bonchev–Trinajstić information content (AvgIpc) is 3.18. The first-order chi connectivity index (χ1) is 11.2. The van der Waals surface area contributed by atoms with Gasteiger partial charge in [0, 0.05) is 12.0 Å². The van der Waals surface area contributed by atoms with Crippen LogP contribution in [0.4, 0.5) is 5.82 Å². The van der Waals surface area contributed by atoms with Crippen molar-refractivity contribution >= 4 is 35.1 Å². The normalized spacial score (nSPS) is 30.7. The molecule has 2 fully saturated rings. The Hall–Kier alpha value is -1.27. The van der Waals surface area contributed by atoms with Crippen molar-refractivity contribution in [3.05, 3.63) is 19.5 Å². The van der Waals surface area contributed by atoms with Gasteiger partial charge in [0.25, 0.3) is 0 Å². The summed E-state index contributed by atoms with van der Waals surface area (Å²) in [4.78, 5) is 28.2. The van der Waals surface area contributed by atoms with Crippen LogP contribution in [-0.2, 0) is 4.74 Å². The fourth-order valence-electron chi connectivity index (χ4n) is 2.81. The van der Waals surface area contributed by atoms with E-state index in [2.05, 4.69) is 20.9 Å². The number of aliphatic imine (C=N–C) groups is 1. The summed E-state index contributed by atoms with van der Waals surface area (Å²) in [6.45, 7) is 0. The highest BCUT2D eigenvalue weighted by Gasteiger charge is 2.43. The fraction of sp³-hybridized carbons (Fsp3) is 0.667. The van der Waals surface area contributed by atoms with E-state index < -0.39 is 12.5 Å². The van der Waals surface area contributed by atoms with Crippen molar-refractivity contribution in [1.29, 1.82) is 0 Å². The molecule has 3 aliphatic rings. The maximum absolute atomic E-state index is 12.3. The molecule has 11 heteroatoms. The first-order valence-corrected chi connectivity index (χ1v) is 9.18. The lowest BCUT2D eigenvalue weighted by Crippen LogP contribution is -2.42. The molecule has 1 aromatic heterocycles. The molecule has 1 aromatic rings. The summed E-state index contributed by atoms with van der Waals surface area (Å²) >= 11 is 2.65. The second kappa shape index (κ2) is 5.98. The number of hydrogen-bond acceptors (Lipinski definition) is 10. The Morgan fingerprint density at radius 1 is 1.57 bits per heavy atom. The second-order valence-corrected chi connectivity index (χ2v) is 7.79. The third kappa shape index (κ3) is 2.72. The maximum atomic E-state index is 12.3. The van der Waals surface area contributed by atoms with Gasteiger partial charge in [-0.2, -0.15) is 4.91 Å². The summed E-state index contributed by atoms with van der Waals surface area (Å²) in [7, 11) is 0. The topological polar surface area (TPSA) is 123 Å². The van der Waals surface area contributed by atoms with Crippen molar-refractivity contribution in [2.45, 2.75) is 36.8 Å². The Labute approximate surface area is 139 Å². The van der Waals surface area contributed by atoms with Gasteiger partial charge in [0.05, 0.1) is 4.88 Å². The van der Waals surface area contributed by atoms with Crippen LogP contribution in [-0.4, -0.2) is 34.3 Å². The van der Waals surface area contributed by atoms with Gasteiger partial charge in [-0.25, -0.2) is 5.43 Å². The fourth-order valence-corrected chi connectivity index (χ4v) is 4.93. The predicted molar refractivity (Wildman–Crippen MR) is 89.6 cm³/mol. The van der Waals surface area contributed by atoms with Crippen LogP contribution >= 0.6 is 23.1 Å². The van der Waals surface area contributed by atoms with Gasteiger partial charge in [0.2, 0.25) is 0 Å². The van der Waals surface area contributed by atoms with E-state index in [1.807, 2.05) is 0 Å².